The molecule has 9 heteroatoms. The first-order valence-corrected chi connectivity index (χ1v) is 5.99. The van der Waals surface area contributed by atoms with Gasteiger partial charge in [-0.25, -0.2) is 4.98 Å². The van der Waals surface area contributed by atoms with Crippen LogP contribution in [0.25, 0.3) is 5.95 Å². The predicted molar refractivity (Wildman–Crippen MR) is 69.1 cm³/mol. The molecule has 0 saturated heterocycles. The molecule has 0 unspecified atom stereocenters. The Morgan fingerprint density at radius 3 is 2.79 bits per heavy atom. The molecular weight excluding hydrogens is 270 g/mol. The Morgan fingerprint density at radius 2 is 2.16 bits per heavy atom. The number of nitrogens with one attached hydrogen (secondary N) is 1. The second-order valence-electron chi connectivity index (χ2n) is 4.74. The molecule has 0 fully saturated rings. The van der Waals surface area contributed by atoms with Gasteiger partial charge >= 0.3 is 0 Å². The van der Waals surface area contributed by atoms with Crippen molar-refractivity contribution in [3.63, 3.8) is 0 Å². The second-order valence-corrected chi connectivity index (χ2v) is 5.08. The SMILES string of the molecule is CC(C)(CO)CNc1nc(Cl)nc(-n2cncn2)n1. The van der Waals surface area contributed by atoms with Crippen molar-refractivity contribution >= 4 is 17.5 Å². The van der Waals surface area contributed by atoms with Crippen LogP contribution in [-0.4, -0.2) is 48.0 Å². The van der Waals surface area contributed by atoms with Gasteiger partial charge in [-0.05, 0) is 11.6 Å². The van der Waals surface area contributed by atoms with E-state index in [1.807, 2.05) is 13.8 Å². The van der Waals surface area contributed by atoms with Crippen molar-refractivity contribution in [3.8, 4) is 5.95 Å². The summed E-state index contributed by atoms with van der Waals surface area (Å²) >= 11 is 5.84. The van der Waals surface area contributed by atoms with E-state index in [0.717, 1.165) is 0 Å². The summed E-state index contributed by atoms with van der Waals surface area (Å²) in [6, 6.07) is 0. The maximum atomic E-state index is 9.19. The molecule has 0 aromatic carbocycles. The molecule has 0 aliphatic rings. The van der Waals surface area contributed by atoms with Crippen LogP contribution in [-0.2, 0) is 0 Å². The number of hydrogen-bond donors (Lipinski definition) is 2. The van der Waals surface area contributed by atoms with Crippen molar-refractivity contribution in [3.05, 3.63) is 17.9 Å². The topological polar surface area (TPSA) is 102 Å². The normalized spacial score (nSPS) is 11.6. The third-order valence-electron chi connectivity index (χ3n) is 2.37. The number of rotatable bonds is 5. The standard InChI is InChI=1S/C10H14ClN7O/c1-10(2,4-19)3-13-8-15-7(11)16-9(17-8)18-6-12-5-14-18/h5-6,19H,3-4H2,1-2H3,(H,13,15,16,17). The summed E-state index contributed by atoms with van der Waals surface area (Å²) in [5, 5.41) is 16.2. The highest BCUT2D eigenvalue weighted by Gasteiger charge is 2.17. The van der Waals surface area contributed by atoms with Crippen LogP contribution >= 0.6 is 11.6 Å². The van der Waals surface area contributed by atoms with Gasteiger partial charge in [0.05, 0.1) is 0 Å². The molecule has 0 aliphatic heterocycles. The van der Waals surface area contributed by atoms with E-state index < -0.39 is 0 Å². The lowest BCUT2D eigenvalue weighted by molar-refractivity contribution is 0.170. The van der Waals surface area contributed by atoms with Gasteiger partial charge in [0.25, 0.3) is 5.95 Å². The minimum absolute atomic E-state index is 0.0503. The highest BCUT2D eigenvalue weighted by Crippen LogP contribution is 2.15. The number of anilines is 1. The zero-order chi connectivity index (χ0) is 13.9. The zero-order valence-corrected chi connectivity index (χ0v) is 11.3. The maximum absolute atomic E-state index is 9.19. The molecule has 0 atom stereocenters. The summed E-state index contributed by atoms with van der Waals surface area (Å²) in [5.74, 6) is 0.605. The summed E-state index contributed by atoms with van der Waals surface area (Å²) in [7, 11) is 0. The van der Waals surface area contributed by atoms with Crippen LogP contribution in [0.5, 0.6) is 0 Å². The van der Waals surface area contributed by atoms with Gasteiger partial charge in [-0.1, -0.05) is 13.8 Å². The molecule has 19 heavy (non-hydrogen) atoms. The largest absolute Gasteiger partial charge is 0.396 e. The first-order valence-electron chi connectivity index (χ1n) is 5.61. The number of aliphatic hydroxyl groups is 1. The molecule has 8 nitrogen and oxygen atoms in total. The average Bonchev–Trinajstić information content (AvgIpc) is 2.90. The van der Waals surface area contributed by atoms with Gasteiger partial charge in [-0.15, -0.1) is 0 Å². The smallest absolute Gasteiger partial charge is 0.258 e. The van der Waals surface area contributed by atoms with Crippen molar-refractivity contribution in [2.45, 2.75) is 13.8 Å². The van der Waals surface area contributed by atoms with E-state index in [2.05, 4.69) is 30.4 Å². The molecule has 2 aromatic rings. The Balaban J connectivity index is 2.18. The van der Waals surface area contributed by atoms with Gasteiger partial charge in [0.1, 0.15) is 12.7 Å². The van der Waals surface area contributed by atoms with Crippen LogP contribution in [0.2, 0.25) is 5.28 Å². The first-order chi connectivity index (χ1) is 9.00. The highest BCUT2D eigenvalue weighted by atomic mass is 35.5. The third-order valence-corrected chi connectivity index (χ3v) is 2.54. The van der Waals surface area contributed by atoms with Crippen LogP contribution in [0.1, 0.15) is 13.8 Å². The number of nitrogens with zero attached hydrogens (tertiary/aromatic N) is 6. The Labute approximate surface area is 114 Å². The molecule has 0 amide bonds. The first kappa shape index (κ1) is 13.6. The van der Waals surface area contributed by atoms with E-state index in [1.165, 1.54) is 17.3 Å². The van der Waals surface area contributed by atoms with Gasteiger partial charge in [0, 0.05) is 18.6 Å². The van der Waals surface area contributed by atoms with Crippen LogP contribution in [0.4, 0.5) is 5.95 Å². The van der Waals surface area contributed by atoms with Crippen LogP contribution < -0.4 is 5.32 Å². The quantitative estimate of drug-likeness (QED) is 0.825. The lowest BCUT2D eigenvalue weighted by Gasteiger charge is -2.21. The molecule has 2 rings (SSSR count). The minimum atomic E-state index is -0.285. The molecule has 2 aromatic heterocycles. The lowest BCUT2D eigenvalue weighted by Crippen LogP contribution is -2.27. The Morgan fingerprint density at radius 1 is 1.37 bits per heavy atom. The van der Waals surface area contributed by atoms with E-state index in [1.54, 1.807) is 0 Å². The monoisotopic (exact) mass is 283 g/mol. The van der Waals surface area contributed by atoms with Crippen molar-refractivity contribution < 1.29 is 5.11 Å². The van der Waals surface area contributed by atoms with Crippen LogP contribution in [0, 0.1) is 5.41 Å². The number of hydrogen-bond acceptors (Lipinski definition) is 7. The Bertz CT molecular complexity index is 543. The second kappa shape index (κ2) is 5.45. The highest BCUT2D eigenvalue weighted by molar-refractivity contribution is 6.28. The fourth-order valence-corrected chi connectivity index (χ4v) is 1.36. The van der Waals surface area contributed by atoms with E-state index in [0.29, 0.717) is 12.5 Å². The number of aliphatic hydroxyl groups excluding tert-OH is 1. The van der Waals surface area contributed by atoms with E-state index in [-0.39, 0.29) is 23.3 Å². The lowest BCUT2D eigenvalue weighted by atomic mass is 9.95. The Kier molecular flexibility index (Phi) is 3.91. The zero-order valence-electron chi connectivity index (χ0n) is 10.6. The van der Waals surface area contributed by atoms with Crippen molar-refractivity contribution in [2.24, 2.45) is 5.41 Å². The molecule has 2 heterocycles. The summed E-state index contributed by atoms with van der Waals surface area (Å²) in [6.07, 6.45) is 2.84. The molecule has 0 aliphatic carbocycles. The van der Waals surface area contributed by atoms with Crippen molar-refractivity contribution in [2.75, 3.05) is 18.5 Å². The van der Waals surface area contributed by atoms with Crippen molar-refractivity contribution in [1.29, 1.82) is 0 Å². The number of aromatic nitrogens is 6. The molecule has 0 saturated carbocycles. The fourth-order valence-electron chi connectivity index (χ4n) is 1.21. The summed E-state index contributed by atoms with van der Waals surface area (Å²) in [6.45, 7) is 4.39. The van der Waals surface area contributed by atoms with E-state index >= 15 is 0 Å². The third kappa shape index (κ3) is 3.58. The van der Waals surface area contributed by atoms with E-state index in [4.69, 9.17) is 11.6 Å². The average molecular weight is 284 g/mol. The maximum Gasteiger partial charge on any atom is 0.258 e. The Hall–Kier alpha value is -1.80. The number of halogens is 1. The molecule has 2 N–H and O–H groups in total. The summed E-state index contributed by atoms with van der Waals surface area (Å²) in [5.41, 5.74) is -0.285. The van der Waals surface area contributed by atoms with Gasteiger partial charge in [0.2, 0.25) is 11.2 Å². The van der Waals surface area contributed by atoms with Gasteiger partial charge in [-0.2, -0.15) is 24.7 Å². The summed E-state index contributed by atoms with van der Waals surface area (Å²) < 4.78 is 1.38. The predicted octanol–water partition coefficient (Wildman–Crippen LogP) is 0.536. The van der Waals surface area contributed by atoms with E-state index in [9.17, 15) is 5.11 Å². The molecule has 0 spiro atoms. The molecule has 0 bridgehead atoms. The van der Waals surface area contributed by atoms with Gasteiger partial charge in [0.15, 0.2) is 0 Å². The molecule has 102 valence electrons. The van der Waals surface area contributed by atoms with Crippen LogP contribution in [0.15, 0.2) is 12.7 Å². The molecular formula is C10H14ClN7O. The fraction of sp³-hybridized carbons (Fsp3) is 0.500. The van der Waals surface area contributed by atoms with Crippen molar-refractivity contribution in [1.82, 2.24) is 29.7 Å². The van der Waals surface area contributed by atoms with Gasteiger partial charge < -0.3 is 10.4 Å². The van der Waals surface area contributed by atoms with Crippen LogP contribution in [0.3, 0.4) is 0 Å². The summed E-state index contributed by atoms with van der Waals surface area (Å²) in [4.78, 5) is 15.9. The minimum Gasteiger partial charge on any atom is -0.396 e. The molecule has 0 radical (unpaired) electrons. The van der Waals surface area contributed by atoms with Gasteiger partial charge in [-0.3, -0.25) is 0 Å².